The Morgan fingerprint density at radius 1 is 0.923 bits per heavy atom. The van der Waals surface area contributed by atoms with Gasteiger partial charge < -0.3 is 14.0 Å². The second-order valence-electron chi connectivity index (χ2n) is 9.60. The first-order chi connectivity index (χ1) is 19.1. The predicted octanol–water partition coefficient (Wildman–Crippen LogP) is 5.83. The van der Waals surface area contributed by atoms with Crippen LogP contribution in [0.5, 0.6) is 11.5 Å². The molecule has 2 aliphatic rings. The molecule has 8 nitrogen and oxygen atoms in total. The molecule has 2 aliphatic heterocycles. The Kier molecular flexibility index (Phi) is 10.2. The van der Waals surface area contributed by atoms with Crippen LogP contribution in [0.1, 0.15) is 76.5 Å². The van der Waals surface area contributed by atoms with Crippen molar-refractivity contribution in [2.45, 2.75) is 78.0 Å². The fraction of sp³-hybridized carbons (Fsp3) is 0.500. The number of amidine groups is 1. The van der Waals surface area contributed by atoms with Crippen molar-refractivity contribution < 1.29 is 9.47 Å². The van der Waals surface area contributed by atoms with Crippen LogP contribution in [-0.2, 0) is 6.54 Å². The number of anilines is 1. The zero-order chi connectivity index (χ0) is 27.6. The standard InChI is InChI=1S/C30H37ClN6O2/c1-5-9-11-13-17-35-22-32-26-27(31)33-30-36(18-14-12-10-6-2)34-28(37(30)29(26)35)23-15-16-24(38-19-7-3)25(21-23)39-20-8-4/h3-4,15-16,21-22,30H,5-6,9-14,17-20H2,1-2H3. The van der Waals surface area contributed by atoms with E-state index in [-0.39, 0.29) is 19.5 Å². The number of aryl methyl sites for hydroxylation is 1. The van der Waals surface area contributed by atoms with E-state index in [1.807, 2.05) is 29.5 Å². The van der Waals surface area contributed by atoms with Gasteiger partial charge in [-0.3, -0.25) is 9.91 Å². The second-order valence-corrected chi connectivity index (χ2v) is 9.96. The largest absolute Gasteiger partial charge is 0.477 e. The molecule has 0 radical (unpaired) electrons. The molecule has 39 heavy (non-hydrogen) atoms. The third-order valence-electron chi connectivity index (χ3n) is 6.73. The summed E-state index contributed by atoms with van der Waals surface area (Å²) in [4.78, 5) is 11.6. The number of aromatic nitrogens is 2. The first kappa shape index (κ1) is 28.4. The lowest BCUT2D eigenvalue weighted by molar-refractivity contribution is 0.231. The van der Waals surface area contributed by atoms with E-state index in [0.717, 1.165) is 56.0 Å². The number of imidazole rings is 1. The van der Waals surface area contributed by atoms with Crippen LogP contribution in [-0.4, -0.2) is 51.6 Å². The zero-order valence-electron chi connectivity index (χ0n) is 22.9. The van der Waals surface area contributed by atoms with Crippen LogP contribution in [0, 0.1) is 24.7 Å². The molecule has 0 aliphatic carbocycles. The molecule has 0 N–H and O–H groups in total. The van der Waals surface area contributed by atoms with Gasteiger partial charge in [-0.2, -0.15) is 5.10 Å². The average Bonchev–Trinajstić information content (AvgIpc) is 3.53. The number of halogens is 1. The minimum absolute atomic E-state index is 0.104. The maximum absolute atomic E-state index is 6.70. The quantitative estimate of drug-likeness (QED) is 0.207. The monoisotopic (exact) mass is 548 g/mol. The van der Waals surface area contributed by atoms with Gasteiger partial charge in [0.15, 0.2) is 22.5 Å². The number of rotatable bonds is 15. The van der Waals surface area contributed by atoms with Crippen LogP contribution in [0.25, 0.3) is 0 Å². The molecule has 0 amide bonds. The van der Waals surface area contributed by atoms with Gasteiger partial charge in [-0.05, 0) is 31.0 Å². The summed E-state index contributed by atoms with van der Waals surface area (Å²) < 4.78 is 13.7. The van der Waals surface area contributed by atoms with Gasteiger partial charge in [0.1, 0.15) is 24.7 Å². The fourth-order valence-electron chi connectivity index (χ4n) is 4.79. The van der Waals surface area contributed by atoms with Crippen LogP contribution in [0.15, 0.2) is 34.6 Å². The number of hydrogen-bond acceptors (Lipinski definition) is 7. The van der Waals surface area contributed by atoms with Crippen LogP contribution in [0.4, 0.5) is 5.82 Å². The van der Waals surface area contributed by atoms with E-state index in [4.69, 9.17) is 44.0 Å². The van der Waals surface area contributed by atoms with E-state index in [0.29, 0.717) is 22.4 Å². The van der Waals surface area contributed by atoms with Gasteiger partial charge in [-0.1, -0.05) is 75.8 Å². The minimum Gasteiger partial charge on any atom is -0.477 e. The summed E-state index contributed by atoms with van der Waals surface area (Å²) in [7, 11) is 0. The molecule has 9 heteroatoms. The Morgan fingerprint density at radius 2 is 1.62 bits per heavy atom. The van der Waals surface area contributed by atoms with E-state index < -0.39 is 0 Å². The lowest BCUT2D eigenvalue weighted by atomic mass is 10.1. The number of fused-ring (bicyclic) bond motifs is 3. The normalized spacial score (nSPS) is 15.7. The van der Waals surface area contributed by atoms with Crippen LogP contribution < -0.4 is 14.4 Å². The molecule has 0 saturated heterocycles. The van der Waals surface area contributed by atoms with Crippen molar-refractivity contribution >= 4 is 28.4 Å². The number of terminal acetylenes is 2. The van der Waals surface area contributed by atoms with E-state index in [1.165, 1.54) is 25.7 Å². The molecule has 3 heterocycles. The molecule has 1 aromatic carbocycles. The number of ether oxygens (including phenoxy) is 2. The first-order valence-corrected chi connectivity index (χ1v) is 14.2. The molecule has 0 spiro atoms. The Labute approximate surface area is 237 Å². The number of aliphatic imine (C=N–C) groups is 1. The van der Waals surface area contributed by atoms with E-state index in [1.54, 1.807) is 0 Å². The highest BCUT2D eigenvalue weighted by Crippen LogP contribution is 2.38. The van der Waals surface area contributed by atoms with Crippen molar-refractivity contribution in [3.8, 4) is 36.2 Å². The van der Waals surface area contributed by atoms with Crippen LogP contribution in [0.3, 0.4) is 0 Å². The Hall–Kier alpha value is -3.62. The van der Waals surface area contributed by atoms with Crippen molar-refractivity contribution in [3.05, 3.63) is 35.8 Å². The summed E-state index contributed by atoms with van der Waals surface area (Å²) in [5.41, 5.74) is 1.51. The second kappa shape index (κ2) is 14.0. The smallest absolute Gasteiger partial charge is 0.222 e. The third kappa shape index (κ3) is 6.52. The van der Waals surface area contributed by atoms with Gasteiger partial charge in [0.05, 0.1) is 6.33 Å². The highest BCUT2D eigenvalue weighted by atomic mass is 35.5. The summed E-state index contributed by atoms with van der Waals surface area (Å²) in [6.45, 7) is 6.26. The molecule has 206 valence electrons. The van der Waals surface area contributed by atoms with Gasteiger partial charge in [-0.15, -0.1) is 12.8 Å². The Bertz CT molecular complexity index is 1270. The number of hydrogen-bond donors (Lipinski definition) is 0. The topological polar surface area (TPSA) is 67.5 Å². The fourth-order valence-corrected chi connectivity index (χ4v) is 5.01. The highest BCUT2D eigenvalue weighted by molar-refractivity contribution is 6.70. The van der Waals surface area contributed by atoms with Gasteiger partial charge in [0.2, 0.25) is 6.29 Å². The van der Waals surface area contributed by atoms with Crippen LogP contribution in [0.2, 0.25) is 0 Å². The number of hydrazone groups is 1. The van der Waals surface area contributed by atoms with Crippen molar-refractivity contribution in [3.63, 3.8) is 0 Å². The predicted molar refractivity (Wildman–Crippen MR) is 158 cm³/mol. The SMILES string of the molecule is C#CCOc1ccc(C2=NN(CCCCCC)C3N=C(Cl)c4ncn(CCCCCC)c4N23)cc1OCC#C. The van der Waals surface area contributed by atoms with Crippen molar-refractivity contribution in [2.24, 2.45) is 10.1 Å². The molecule has 0 saturated carbocycles. The maximum Gasteiger partial charge on any atom is 0.222 e. The van der Waals surface area contributed by atoms with Crippen molar-refractivity contribution in [1.82, 2.24) is 14.6 Å². The number of nitrogens with zero attached hydrogens (tertiary/aromatic N) is 6. The molecule has 0 fully saturated rings. The lowest BCUT2D eigenvalue weighted by Crippen LogP contribution is -2.45. The maximum atomic E-state index is 6.70. The van der Waals surface area contributed by atoms with Gasteiger partial charge in [0.25, 0.3) is 0 Å². The van der Waals surface area contributed by atoms with E-state index in [9.17, 15) is 0 Å². The van der Waals surface area contributed by atoms with Gasteiger partial charge >= 0.3 is 0 Å². The molecule has 2 aromatic rings. The molecular weight excluding hydrogens is 512 g/mol. The average molecular weight is 549 g/mol. The number of benzene rings is 1. The molecule has 1 atom stereocenters. The van der Waals surface area contributed by atoms with Crippen molar-refractivity contribution in [2.75, 3.05) is 24.7 Å². The third-order valence-corrected chi connectivity index (χ3v) is 7.01. The Balaban J connectivity index is 1.72. The summed E-state index contributed by atoms with van der Waals surface area (Å²) >= 11 is 6.70. The van der Waals surface area contributed by atoms with E-state index in [2.05, 4.69) is 40.1 Å². The molecule has 0 bridgehead atoms. The van der Waals surface area contributed by atoms with E-state index >= 15 is 0 Å². The summed E-state index contributed by atoms with van der Waals surface area (Å²) in [6.07, 6.45) is 21.5. The first-order valence-electron chi connectivity index (χ1n) is 13.8. The lowest BCUT2D eigenvalue weighted by Gasteiger charge is -2.32. The highest BCUT2D eigenvalue weighted by Gasteiger charge is 2.42. The molecule has 1 unspecified atom stereocenters. The van der Waals surface area contributed by atoms with Crippen molar-refractivity contribution in [1.29, 1.82) is 0 Å². The minimum atomic E-state index is -0.389. The Morgan fingerprint density at radius 3 is 2.31 bits per heavy atom. The summed E-state index contributed by atoms with van der Waals surface area (Å²) in [5, 5.41) is 7.51. The van der Waals surface area contributed by atoms with Gasteiger partial charge in [0, 0.05) is 18.7 Å². The molecule has 1 aromatic heterocycles. The van der Waals surface area contributed by atoms with Gasteiger partial charge in [-0.25, -0.2) is 9.98 Å². The zero-order valence-corrected chi connectivity index (χ0v) is 23.7. The number of unbranched alkanes of at least 4 members (excludes halogenated alkanes) is 6. The summed E-state index contributed by atoms with van der Waals surface area (Å²) in [5.74, 6) is 7.69. The summed E-state index contributed by atoms with van der Waals surface area (Å²) in [6, 6.07) is 5.68. The molecular formula is C30H37ClN6O2. The molecule has 4 rings (SSSR count). The van der Waals surface area contributed by atoms with Crippen LogP contribution >= 0.6 is 11.6 Å².